The molecule has 4 nitrogen and oxygen atoms in total. The van der Waals surface area contributed by atoms with Gasteiger partial charge < -0.3 is 10.6 Å². The van der Waals surface area contributed by atoms with E-state index < -0.39 is 0 Å². The molecule has 1 atom stereocenters. The number of benzene rings is 1. The van der Waals surface area contributed by atoms with Gasteiger partial charge in [-0.3, -0.25) is 9.69 Å². The van der Waals surface area contributed by atoms with Crippen molar-refractivity contribution in [3.8, 4) is 0 Å². The van der Waals surface area contributed by atoms with Gasteiger partial charge in [-0.15, -0.1) is 0 Å². The highest BCUT2D eigenvalue weighted by molar-refractivity contribution is 5.92. The highest BCUT2D eigenvalue weighted by Crippen LogP contribution is 2.12. The first-order valence-corrected chi connectivity index (χ1v) is 7.56. The van der Waals surface area contributed by atoms with Gasteiger partial charge in [0.25, 0.3) is 0 Å². The second kappa shape index (κ2) is 8.02. The number of rotatable bonds is 6. The molecule has 2 rings (SSSR count). The zero-order chi connectivity index (χ0) is 14.2. The molecule has 2 N–H and O–H groups in total. The van der Waals surface area contributed by atoms with Gasteiger partial charge in [0.2, 0.25) is 5.91 Å². The Balaban J connectivity index is 1.78. The minimum atomic E-state index is 0.0711. The van der Waals surface area contributed by atoms with Gasteiger partial charge in [0.05, 0.1) is 6.54 Å². The summed E-state index contributed by atoms with van der Waals surface area (Å²) in [4.78, 5) is 14.3. The molecule has 0 spiro atoms. The number of carbonyl (C=O) groups is 1. The number of amides is 1. The van der Waals surface area contributed by atoms with Crippen LogP contribution < -0.4 is 10.6 Å². The van der Waals surface area contributed by atoms with Crippen LogP contribution in [0.4, 0.5) is 5.69 Å². The second-order valence-electron chi connectivity index (χ2n) is 5.45. The van der Waals surface area contributed by atoms with Crippen LogP contribution in [0.3, 0.4) is 0 Å². The lowest BCUT2D eigenvalue weighted by Gasteiger charge is -2.29. The fourth-order valence-electron chi connectivity index (χ4n) is 2.68. The minimum absolute atomic E-state index is 0.0711. The summed E-state index contributed by atoms with van der Waals surface area (Å²) in [6.45, 7) is 6.73. The van der Waals surface area contributed by atoms with Crippen molar-refractivity contribution in [2.45, 2.75) is 19.8 Å². The molecule has 110 valence electrons. The van der Waals surface area contributed by atoms with Crippen LogP contribution >= 0.6 is 0 Å². The Morgan fingerprint density at radius 2 is 2.20 bits per heavy atom. The summed E-state index contributed by atoms with van der Waals surface area (Å²) in [7, 11) is 0. The molecule has 1 aliphatic rings. The topological polar surface area (TPSA) is 44.4 Å². The second-order valence-corrected chi connectivity index (χ2v) is 5.45. The zero-order valence-corrected chi connectivity index (χ0v) is 12.3. The van der Waals surface area contributed by atoms with Crippen LogP contribution in [0.5, 0.6) is 0 Å². The van der Waals surface area contributed by atoms with E-state index in [-0.39, 0.29) is 5.91 Å². The molecular weight excluding hydrogens is 250 g/mol. The number of anilines is 1. The first-order chi connectivity index (χ1) is 9.78. The van der Waals surface area contributed by atoms with Crippen molar-refractivity contribution in [3.05, 3.63) is 30.3 Å². The highest BCUT2D eigenvalue weighted by atomic mass is 16.2. The van der Waals surface area contributed by atoms with Gasteiger partial charge in [-0.05, 0) is 50.5 Å². The smallest absolute Gasteiger partial charge is 0.238 e. The average molecular weight is 275 g/mol. The minimum Gasteiger partial charge on any atom is -0.325 e. The van der Waals surface area contributed by atoms with Gasteiger partial charge >= 0.3 is 0 Å². The summed E-state index contributed by atoms with van der Waals surface area (Å²) in [6, 6.07) is 9.64. The molecule has 1 aromatic carbocycles. The Kier molecular flexibility index (Phi) is 6.02. The molecular formula is C16H25N3O. The normalized spacial score (nSPS) is 19.0. The molecule has 1 heterocycles. The summed E-state index contributed by atoms with van der Waals surface area (Å²) in [5.41, 5.74) is 0.868. The van der Waals surface area contributed by atoms with Gasteiger partial charge in [0, 0.05) is 12.2 Å². The van der Waals surface area contributed by atoms with Crippen molar-refractivity contribution in [2.24, 2.45) is 5.92 Å². The molecule has 1 fully saturated rings. The van der Waals surface area contributed by atoms with Gasteiger partial charge in [0.1, 0.15) is 0 Å². The van der Waals surface area contributed by atoms with Crippen molar-refractivity contribution in [1.82, 2.24) is 10.2 Å². The third kappa shape index (κ3) is 4.94. The number of likely N-dealkylation sites (N-methyl/N-ethyl adjacent to an activating group) is 1. The van der Waals surface area contributed by atoms with Crippen molar-refractivity contribution < 1.29 is 4.79 Å². The predicted octanol–water partition coefficient (Wildman–Crippen LogP) is 1.95. The first-order valence-electron chi connectivity index (χ1n) is 7.56. The van der Waals surface area contributed by atoms with E-state index >= 15 is 0 Å². The molecule has 1 amide bonds. The molecule has 0 aromatic heterocycles. The Hall–Kier alpha value is -1.39. The first kappa shape index (κ1) is 15.0. The summed E-state index contributed by atoms with van der Waals surface area (Å²) in [5, 5.41) is 6.38. The van der Waals surface area contributed by atoms with Crippen LogP contribution in [0.25, 0.3) is 0 Å². The van der Waals surface area contributed by atoms with Crippen LogP contribution in [0, 0.1) is 5.92 Å². The number of hydrogen-bond acceptors (Lipinski definition) is 3. The maximum Gasteiger partial charge on any atom is 0.238 e. The largest absolute Gasteiger partial charge is 0.325 e. The van der Waals surface area contributed by atoms with E-state index in [9.17, 15) is 4.79 Å². The molecule has 4 heteroatoms. The maximum atomic E-state index is 12.1. The van der Waals surface area contributed by atoms with Gasteiger partial charge in [0.15, 0.2) is 0 Å². The predicted molar refractivity (Wildman–Crippen MR) is 82.8 cm³/mol. The fourth-order valence-corrected chi connectivity index (χ4v) is 2.68. The summed E-state index contributed by atoms with van der Waals surface area (Å²) in [6.07, 6.45) is 2.52. The summed E-state index contributed by atoms with van der Waals surface area (Å²) in [5.74, 6) is 0.745. The number of piperidine rings is 1. The van der Waals surface area contributed by atoms with E-state index in [2.05, 4.69) is 22.5 Å². The van der Waals surface area contributed by atoms with Gasteiger partial charge in [-0.1, -0.05) is 25.1 Å². The van der Waals surface area contributed by atoms with Crippen molar-refractivity contribution >= 4 is 11.6 Å². The number of carbonyl (C=O) groups excluding carboxylic acids is 1. The zero-order valence-electron chi connectivity index (χ0n) is 12.3. The Labute approximate surface area is 121 Å². The maximum absolute atomic E-state index is 12.1. The number of para-hydroxylation sites is 1. The van der Waals surface area contributed by atoms with E-state index in [1.807, 2.05) is 30.3 Å². The van der Waals surface area contributed by atoms with Crippen LogP contribution in [0.2, 0.25) is 0 Å². The van der Waals surface area contributed by atoms with E-state index in [4.69, 9.17) is 0 Å². The lowest BCUT2D eigenvalue weighted by Crippen LogP contribution is -2.41. The Morgan fingerprint density at radius 3 is 2.85 bits per heavy atom. The van der Waals surface area contributed by atoms with Crippen molar-refractivity contribution in [3.63, 3.8) is 0 Å². The van der Waals surface area contributed by atoms with Crippen LogP contribution in [-0.4, -0.2) is 43.5 Å². The summed E-state index contributed by atoms with van der Waals surface area (Å²) >= 11 is 0. The Morgan fingerprint density at radius 1 is 1.40 bits per heavy atom. The number of hydrogen-bond donors (Lipinski definition) is 2. The molecule has 0 aliphatic carbocycles. The molecule has 1 saturated heterocycles. The molecule has 0 bridgehead atoms. The van der Waals surface area contributed by atoms with Crippen LogP contribution in [-0.2, 0) is 4.79 Å². The SMILES string of the molecule is CCN(CC(=O)Nc1ccccc1)CC1CCCNC1. The van der Waals surface area contributed by atoms with Crippen molar-refractivity contribution in [1.29, 1.82) is 0 Å². The third-order valence-corrected chi connectivity index (χ3v) is 3.79. The average Bonchev–Trinajstić information content (AvgIpc) is 2.48. The standard InChI is InChI=1S/C16H25N3O/c1-2-19(12-14-7-6-10-17-11-14)13-16(20)18-15-8-4-3-5-9-15/h3-5,8-9,14,17H,2,6-7,10-13H2,1H3,(H,18,20). The van der Waals surface area contributed by atoms with E-state index in [1.54, 1.807) is 0 Å². The Bertz CT molecular complexity index is 401. The monoisotopic (exact) mass is 275 g/mol. The fraction of sp³-hybridized carbons (Fsp3) is 0.562. The highest BCUT2D eigenvalue weighted by Gasteiger charge is 2.17. The number of nitrogens with zero attached hydrogens (tertiary/aromatic N) is 1. The van der Waals surface area contributed by atoms with Gasteiger partial charge in [-0.25, -0.2) is 0 Å². The summed E-state index contributed by atoms with van der Waals surface area (Å²) < 4.78 is 0. The molecule has 1 aromatic rings. The number of nitrogens with one attached hydrogen (secondary N) is 2. The molecule has 0 radical (unpaired) electrons. The molecule has 1 unspecified atom stereocenters. The van der Waals surface area contributed by atoms with E-state index in [0.29, 0.717) is 12.5 Å². The van der Waals surface area contributed by atoms with Gasteiger partial charge in [-0.2, -0.15) is 0 Å². The van der Waals surface area contributed by atoms with Crippen molar-refractivity contribution in [2.75, 3.05) is 38.0 Å². The molecule has 0 saturated carbocycles. The van der Waals surface area contributed by atoms with Crippen LogP contribution in [0.1, 0.15) is 19.8 Å². The van der Waals surface area contributed by atoms with Crippen LogP contribution in [0.15, 0.2) is 30.3 Å². The molecule has 20 heavy (non-hydrogen) atoms. The lowest BCUT2D eigenvalue weighted by atomic mass is 9.99. The molecule has 1 aliphatic heterocycles. The quantitative estimate of drug-likeness (QED) is 0.834. The van der Waals surface area contributed by atoms with E-state index in [1.165, 1.54) is 12.8 Å². The van der Waals surface area contributed by atoms with E-state index in [0.717, 1.165) is 31.9 Å². The lowest BCUT2D eigenvalue weighted by molar-refractivity contribution is -0.117. The third-order valence-electron chi connectivity index (χ3n) is 3.79.